The van der Waals surface area contributed by atoms with Crippen LogP contribution in [0.2, 0.25) is 0 Å². The van der Waals surface area contributed by atoms with Gasteiger partial charge in [-0.25, -0.2) is 4.98 Å². The number of imidazole rings is 1. The van der Waals surface area contributed by atoms with Crippen LogP contribution in [0.1, 0.15) is 5.56 Å². The summed E-state index contributed by atoms with van der Waals surface area (Å²) in [5.41, 5.74) is 9.96. The molecule has 0 saturated heterocycles. The summed E-state index contributed by atoms with van der Waals surface area (Å²) in [6, 6.07) is 16.3. The maximum Gasteiger partial charge on any atom is 0.100 e. The molecule has 0 aliphatic heterocycles. The van der Waals surface area contributed by atoms with E-state index in [1.165, 1.54) is 0 Å². The monoisotopic (exact) mass is 259 g/mol. The maximum absolute atomic E-state index is 5.59. The van der Waals surface area contributed by atoms with Gasteiger partial charge in [0.2, 0.25) is 0 Å². The largest absolute Gasteiger partial charge is 0.326 e. The average Bonchev–Trinajstić information content (AvgIpc) is 2.83. The smallest absolute Gasteiger partial charge is 0.100 e. The molecule has 0 fully saturated rings. The minimum atomic E-state index is 0. The number of halogens is 1. The summed E-state index contributed by atoms with van der Waals surface area (Å²) in [7, 11) is 0. The van der Waals surface area contributed by atoms with E-state index in [9.17, 15) is 0 Å². The molecule has 1 heterocycles. The van der Waals surface area contributed by atoms with Crippen LogP contribution in [0.4, 0.5) is 0 Å². The van der Waals surface area contributed by atoms with Crippen LogP contribution in [0.3, 0.4) is 0 Å². The van der Waals surface area contributed by atoms with E-state index < -0.39 is 0 Å². The lowest BCUT2D eigenvalue weighted by molar-refractivity contribution is 1.05. The van der Waals surface area contributed by atoms with Crippen molar-refractivity contribution in [2.75, 3.05) is 0 Å². The van der Waals surface area contributed by atoms with Gasteiger partial charge in [-0.15, -0.1) is 12.4 Å². The number of benzene rings is 2. The van der Waals surface area contributed by atoms with Crippen LogP contribution in [0.15, 0.2) is 54.9 Å². The second-order valence-electron chi connectivity index (χ2n) is 3.97. The van der Waals surface area contributed by atoms with Crippen molar-refractivity contribution in [1.29, 1.82) is 0 Å². The molecule has 3 rings (SSSR count). The van der Waals surface area contributed by atoms with Crippen LogP contribution in [0.5, 0.6) is 0 Å². The van der Waals surface area contributed by atoms with Gasteiger partial charge in [-0.2, -0.15) is 0 Å². The Kier molecular flexibility index (Phi) is 3.65. The molecule has 0 aliphatic rings. The number of aromatic nitrogens is 2. The minimum Gasteiger partial charge on any atom is -0.326 e. The third-order valence-corrected chi connectivity index (χ3v) is 2.90. The standard InChI is InChI=1S/C14H13N3.ClH/c15-9-11-5-7-12(8-6-11)17-10-16-13-3-1-2-4-14(13)17;/h1-8,10H,9,15H2;1H. The van der Waals surface area contributed by atoms with Crippen molar-refractivity contribution in [2.45, 2.75) is 6.54 Å². The Morgan fingerprint density at radius 3 is 2.44 bits per heavy atom. The first-order valence-electron chi connectivity index (χ1n) is 5.60. The van der Waals surface area contributed by atoms with Gasteiger partial charge in [0.1, 0.15) is 6.33 Å². The number of hydrogen-bond acceptors (Lipinski definition) is 2. The zero-order valence-electron chi connectivity index (χ0n) is 9.78. The fourth-order valence-electron chi connectivity index (χ4n) is 1.96. The molecule has 3 nitrogen and oxygen atoms in total. The minimum absolute atomic E-state index is 0. The van der Waals surface area contributed by atoms with Crippen LogP contribution in [-0.2, 0) is 6.54 Å². The second-order valence-corrected chi connectivity index (χ2v) is 3.97. The Bertz CT molecular complexity index is 643. The highest BCUT2D eigenvalue weighted by molar-refractivity contribution is 5.85. The molecule has 2 N–H and O–H groups in total. The fraction of sp³-hybridized carbons (Fsp3) is 0.0714. The van der Waals surface area contributed by atoms with E-state index in [-0.39, 0.29) is 12.4 Å². The Morgan fingerprint density at radius 2 is 1.72 bits per heavy atom. The third kappa shape index (κ3) is 2.10. The molecule has 1 aromatic heterocycles. The Morgan fingerprint density at radius 1 is 1.00 bits per heavy atom. The third-order valence-electron chi connectivity index (χ3n) is 2.90. The second kappa shape index (κ2) is 5.21. The van der Waals surface area contributed by atoms with Crippen molar-refractivity contribution < 1.29 is 0 Å². The van der Waals surface area contributed by atoms with Gasteiger partial charge >= 0.3 is 0 Å². The molecule has 0 atom stereocenters. The lowest BCUT2D eigenvalue weighted by atomic mass is 10.2. The maximum atomic E-state index is 5.59. The Labute approximate surface area is 112 Å². The first-order valence-corrected chi connectivity index (χ1v) is 5.60. The van der Waals surface area contributed by atoms with Crippen molar-refractivity contribution in [3.8, 4) is 5.69 Å². The normalized spacial score (nSPS) is 10.3. The van der Waals surface area contributed by atoms with Crippen molar-refractivity contribution >= 4 is 23.4 Å². The van der Waals surface area contributed by atoms with E-state index in [4.69, 9.17) is 5.73 Å². The predicted molar refractivity (Wildman–Crippen MR) is 76.2 cm³/mol. The van der Waals surface area contributed by atoms with E-state index >= 15 is 0 Å². The summed E-state index contributed by atoms with van der Waals surface area (Å²) in [6.45, 7) is 0.574. The highest BCUT2D eigenvalue weighted by Gasteiger charge is 2.02. The molecule has 0 radical (unpaired) electrons. The molecule has 18 heavy (non-hydrogen) atoms. The number of hydrogen-bond donors (Lipinski definition) is 1. The van der Waals surface area contributed by atoms with Crippen LogP contribution in [-0.4, -0.2) is 9.55 Å². The fourth-order valence-corrected chi connectivity index (χ4v) is 1.96. The molecule has 3 aromatic rings. The average molecular weight is 260 g/mol. The molecule has 0 aliphatic carbocycles. The zero-order valence-corrected chi connectivity index (χ0v) is 10.6. The molecule has 92 valence electrons. The summed E-state index contributed by atoms with van der Waals surface area (Å²) < 4.78 is 2.08. The topological polar surface area (TPSA) is 43.8 Å². The van der Waals surface area contributed by atoms with Gasteiger partial charge in [0.25, 0.3) is 0 Å². The summed E-state index contributed by atoms with van der Waals surface area (Å²) in [6.07, 6.45) is 1.85. The number of para-hydroxylation sites is 2. The number of rotatable bonds is 2. The lowest BCUT2D eigenvalue weighted by Crippen LogP contribution is -1.97. The summed E-state index contributed by atoms with van der Waals surface area (Å²) in [5.74, 6) is 0. The van der Waals surface area contributed by atoms with Crippen molar-refractivity contribution in [3.05, 3.63) is 60.4 Å². The zero-order chi connectivity index (χ0) is 11.7. The van der Waals surface area contributed by atoms with Crippen molar-refractivity contribution in [2.24, 2.45) is 5.73 Å². The van der Waals surface area contributed by atoms with Crippen LogP contribution in [0, 0.1) is 0 Å². The Balaban J connectivity index is 0.00000120. The van der Waals surface area contributed by atoms with Crippen molar-refractivity contribution in [3.63, 3.8) is 0 Å². The Hall–Kier alpha value is -1.84. The van der Waals surface area contributed by atoms with Gasteiger partial charge in [0, 0.05) is 12.2 Å². The van der Waals surface area contributed by atoms with Gasteiger partial charge in [0.15, 0.2) is 0 Å². The number of nitrogens with zero attached hydrogens (tertiary/aromatic N) is 2. The molecular formula is C14H14ClN3. The van der Waals surface area contributed by atoms with Crippen LogP contribution < -0.4 is 5.73 Å². The number of fused-ring (bicyclic) bond motifs is 1. The molecule has 0 bridgehead atoms. The molecule has 0 saturated carbocycles. The predicted octanol–water partition coefficient (Wildman–Crippen LogP) is 2.91. The van der Waals surface area contributed by atoms with Gasteiger partial charge in [-0.3, -0.25) is 4.57 Å². The molecular weight excluding hydrogens is 246 g/mol. The van der Waals surface area contributed by atoms with E-state index in [0.29, 0.717) is 6.54 Å². The van der Waals surface area contributed by atoms with E-state index in [2.05, 4.69) is 27.8 Å². The van der Waals surface area contributed by atoms with Crippen molar-refractivity contribution in [1.82, 2.24) is 9.55 Å². The van der Waals surface area contributed by atoms with Gasteiger partial charge in [0.05, 0.1) is 11.0 Å². The van der Waals surface area contributed by atoms with Gasteiger partial charge < -0.3 is 5.73 Å². The molecule has 0 unspecified atom stereocenters. The van der Waals surface area contributed by atoms with Gasteiger partial charge in [-0.05, 0) is 29.8 Å². The van der Waals surface area contributed by atoms with Crippen LogP contribution in [0.25, 0.3) is 16.7 Å². The quantitative estimate of drug-likeness (QED) is 0.769. The first kappa shape index (κ1) is 12.6. The van der Waals surface area contributed by atoms with E-state index in [0.717, 1.165) is 22.3 Å². The summed E-state index contributed by atoms with van der Waals surface area (Å²) in [4.78, 5) is 4.38. The highest BCUT2D eigenvalue weighted by Crippen LogP contribution is 2.17. The molecule has 0 spiro atoms. The van der Waals surface area contributed by atoms with Gasteiger partial charge in [-0.1, -0.05) is 24.3 Å². The van der Waals surface area contributed by atoms with E-state index in [1.54, 1.807) is 0 Å². The summed E-state index contributed by atoms with van der Waals surface area (Å²) in [5, 5.41) is 0. The lowest BCUT2D eigenvalue weighted by Gasteiger charge is -2.05. The SMILES string of the molecule is Cl.NCc1ccc(-n2cnc3ccccc32)cc1. The molecule has 0 amide bonds. The molecule has 4 heteroatoms. The molecule has 2 aromatic carbocycles. The van der Waals surface area contributed by atoms with Crippen LogP contribution >= 0.6 is 12.4 Å². The first-order chi connectivity index (χ1) is 8.38. The van der Waals surface area contributed by atoms with E-state index in [1.807, 2.05) is 36.7 Å². The summed E-state index contributed by atoms with van der Waals surface area (Å²) >= 11 is 0. The number of nitrogens with two attached hydrogens (primary N) is 1. The highest BCUT2D eigenvalue weighted by atomic mass is 35.5.